The topological polar surface area (TPSA) is 24.7 Å². The molecule has 0 saturated heterocycles. The van der Waals surface area contributed by atoms with Gasteiger partial charge in [-0.25, -0.2) is 0 Å². The van der Waals surface area contributed by atoms with E-state index in [0.29, 0.717) is 0 Å². The first kappa shape index (κ1) is 8.08. The van der Waals surface area contributed by atoms with Crippen LogP contribution in [0.4, 0.5) is 0 Å². The molecular weight excluding hydrogens is 112 g/mol. The molecule has 0 aromatic rings. The van der Waals surface area contributed by atoms with Crippen molar-refractivity contribution in [3.63, 3.8) is 0 Å². The Morgan fingerprint density at radius 1 is 1.22 bits per heavy atom. The van der Waals surface area contributed by atoms with Gasteiger partial charge in [-0.3, -0.25) is 9.98 Å². The fourth-order valence-corrected chi connectivity index (χ4v) is 0.329. The number of rotatable bonds is 3. The molecule has 0 rings (SSSR count). The van der Waals surface area contributed by atoms with E-state index in [0.717, 1.165) is 6.42 Å². The van der Waals surface area contributed by atoms with E-state index < -0.39 is 0 Å². The number of hydrogen-bond acceptors (Lipinski definition) is 2. The summed E-state index contributed by atoms with van der Waals surface area (Å²) in [6.45, 7) is 3.91. The monoisotopic (exact) mass is 124 g/mol. The van der Waals surface area contributed by atoms with Crippen molar-refractivity contribution in [1.82, 2.24) is 0 Å². The molecule has 0 aliphatic carbocycles. The van der Waals surface area contributed by atoms with Crippen LogP contribution in [0, 0.1) is 0 Å². The van der Waals surface area contributed by atoms with Crippen molar-refractivity contribution in [2.75, 3.05) is 0 Å². The zero-order valence-corrected chi connectivity index (χ0v) is 5.91. The van der Waals surface area contributed by atoms with E-state index in [-0.39, 0.29) is 0 Å². The third-order valence-electron chi connectivity index (χ3n) is 0.676. The lowest BCUT2D eigenvalue weighted by molar-refractivity contribution is 1.31. The van der Waals surface area contributed by atoms with Crippen LogP contribution in [-0.2, 0) is 0 Å². The molecule has 0 bridgehead atoms. The van der Waals surface area contributed by atoms with Gasteiger partial charge in [0, 0.05) is 24.8 Å². The third-order valence-corrected chi connectivity index (χ3v) is 0.676. The van der Waals surface area contributed by atoms with Crippen LogP contribution in [-0.4, -0.2) is 12.4 Å². The summed E-state index contributed by atoms with van der Waals surface area (Å²) in [6.07, 6.45) is 7.86. The van der Waals surface area contributed by atoms with E-state index in [1.807, 2.05) is 20.1 Å². The highest BCUT2D eigenvalue weighted by atomic mass is 14.7. The van der Waals surface area contributed by atoms with Gasteiger partial charge in [0.1, 0.15) is 0 Å². The summed E-state index contributed by atoms with van der Waals surface area (Å²) < 4.78 is 0. The van der Waals surface area contributed by atoms with Crippen LogP contribution >= 0.6 is 0 Å². The van der Waals surface area contributed by atoms with Crippen molar-refractivity contribution >= 4 is 12.4 Å². The Bertz CT molecular complexity index is 123. The van der Waals surface area contributed by atoms with E-state index in [4.69, 9.17) is 0 Å². The molecule has 0 aromatic heterocycles. The Labute approximate surface area is 56.0 Å². The van der Waals surface area contributed by atoms with Gasteiger partial charge in [0.2, 0.25) is 0 Å². The molecule has 50 valence electrons. The predicted molar refractivity (Wildman–Crippen MR) is 42.1 cm³/mol. The highest BCUT2D eigenvalue weighted by molar-refractivity contribution is 5.57. The molecule has 2 nitrogen and oxygen atoms in total. The zero-order valence-electron chi connectivity index (χ0n) is 5.91. The maximum Gasteiger partial charge on any atom is 0.0446 e. The van der Waals surface area contributed by atoms with Crippen molar-refractivity contribution < 1.29 is 0 Å². The van der Waals surface area contributed by atoms with Crippen molar-refractivity contribution in [2.24, 2.45) is 9.98 Å². The van der Waals surface area contributed by atoms with Crippen LogP contribution in [0.3, 0.4) is 0 Å². The highest BCUT2D eigenvalue weighted by Gasteiger charge is 1.61. The maximum absolute atomic E-state index is 3.91. The number of aliphatic imine (C=N–C) groups is 2. The van der Waals surface area contributed by atoms with Gasteiger partial charge >= 0.3 is 0 Å². The fraction of sp³-hybridized carbons (Fsp3) is 0.429. The fourth-order valence-electron chi connectivity index (χ4n) is 0.329. The lowest BCUT2D eigenvalue weighted by atomic mass is 10.5. The van der Waals surface area contributed by atoms with Crippen molar-refractivity contribution in [3.05, 3.63) is 12.4 Å². The zero-order chi connectivity index (χ0) is 6.95. The third kappa shape index (κ3) is 7.08. The van der Waals surface area contributed by atoms with E-state index in [9.17, 15) is 0 Å². The summed E-state index contributed by atoms with van der Waals surface area (Å²) in [5, 5.41) is 0. The van der Waals surface area contributed by atoms with Crippen molar-refractivity contribution in [1.29, 1.82) is 0 Å². The van der Waals surface area contributed by atoms with Gasteiger partial charge in [-0.1, -0.05) is 6.92 Å². The molecule has 0 heterocycles. The van der Waals surface area contributed by atoms with Crippen LogP contribution in [0.5, 0.6) is 0 Å². The highest BCUT2D eigenvalue weighted by Crippen LogP contribution is 1.75. The average Bonchev–Trinajstić information content (AvgIpc) is 1.89. The summed E-state index contributed by atoms with van der Waals surface area (Å²) in [5.41, 5.74) is 0. The molecule has 0 aromatic carbocycles. The molecule has 0 fully saturated rings. The quantitative estimate of drug-likeness (QED) is 0.514. The van der Waals surface area contributed by atoms with E-state index in [1.54, 1.807) is 18.6 Å². The van der Waals surface area contributed by atoms with Gasteiger partial charge in [-0.05, 0) is 13.3 Å². The SMILES string of the molecule is CC=N/C=C\N=CCC. The van der Waals surface area contributed by atoms with Crippen molar-refractivity contribution in [2.45, 2.75) is 20.3 Å². The van der Waals surface area contributed by atoms with E-state index in [2.05, 4.69) is 9.98 Å². The first-order chi connectivity index (χ1) is 4.41. The second-order valence-corrected chi connectivity index (χ2v) is 1.45. The van der Waals surface area contributed by atoms with Gasteiger partial charge in [-0.2, -0.15) is 0 Å². The molecule has 0 unspecified atom stereocenters. The Balaban J connectivity index is 3.35. The number of hydrogen-bond donors (Lipinski definition) is 0. The average molecular weight is 124 g/mol. The van der Waals surface area contributed by atoms with Gasteiger partial charge in [-0.15, -0.1) is 0 Å². The van der Waals surface area contributed by atoms with E-state index in [1.165, 1.54) is 0 Å². The second kappa shape index (κ2) is 7.08. The largest absolute Gasteiger partial charge is 0.268 e. The molecule has 0 saturated carbocycles. The summed E-state index contributed by atoms with van der Waals surface area (Å²) in [4.78, 5) is 7.73. The van der Waals surface area contributed by atoms with Crippen molar-refractivity contribution in [3.8, 4) is 0 Å². The first-order valence-corrected chi connectivity index (χ1v) is 3.06. The molecule has 0 N–H and O–H groups in total. The Hall–Kier alpha value is -0.920. The lowest BCUT2D eigenvalue weighted by Gasteiger charge is -1.73. The van der Waals surface area contributed by atoms with Crippen LogP contribution < -0.4 is 0 Å². The van der Waals surface area contributed by atoms with E-state index >= 15 is 0 Å². The van der Waals surface area contributed by atoms with Crippen LogP contribution in [0.15, 0.2) is 22.4 Å². The molecule has 0 aliphatic heterocycles. The number of nitrogens with zero attached hydrogens (tertiary/aromatic N) is 2. The van der Waals surface area contributed by atoms with Crippen LogP contribution in [0.2, 0.25) is 0 Å². The lowest BCUT2D eigenvalue weighted by Crippen LogP contribution is -1.62. The van der Waals surface area contributed by atoms with Gasteiger partial charge in [0.05, 0.1) is 0 Å². The standard InChI is InChI=1S/C7H12N2/c1-3-5-9-7-6-8-4-2/h4-7H,3H2,1-2H3/b7-6-,8-4?,9-5?. The summed E-state index contributed by atoms with van der Waals surface area (Å²) in [5.74, 6) is 0. The smallest absolute Gasteiger partial charge is 0.0446 e. The van der Waals surface area contributed by atoms with Crippen LogP contribution in [0.25, 0.3) is 0 Å². The minimum Gasteiger partial charge on any atom is -0.268 e. The molecule has 9 heavy (non-hydrogen) atoms. The minimum absolute atomic E-state index is 0.972. The van der Waals surface area contributed by atoms with Gasteiger partial charge in [0.15, 0.2) is 0 Å². The van der Waals surface area contributed by atoms with Gasteiger partial charge in [0.25, 0.3) is 0 Å². The molecule has 2 heteroatoms. The second-order valence-electron chi connectivity index (χ2n) is 1.45. The molecule has 0 atom stereocenters. The first-order valence-electron chi connectivity index (χ1n) is 3.06. The molecular formula is C7H12N2. The minimum atomic E-state index is 0.972. The Morgan fingerprint density at radius 2 is 1.89 bits per heavy atom. The summed E-state index contributed by atoms with van der Waals surface area (Å²) in [7, 11) is 0. The molecule has 0 aliphatic rings. The van der Waals surface area contributed by atoms with Crippen LogP contribution in [0.1, 0.15) is 20.3 Å². The summed E-state index contributed by atoms with van der Waals surface area (Å²) >= 11 is 0. The Kier molecular flexibility index (Phi) is 6.36. The maximum atomic E-state index is 3.91. The molecule has 0 amide bonds. The Morgan fingerprint density at radius 3 is 2.44 bits per heavy atom. The molecule has 0 radical (unpaired) electrons. The summed E-state index contributed by atoms with van der Waals surface area (Å²) in [6, 6.07) is 0. The predicted octanol–water partition coefficient (Wildman–Crippen LogP) is 2.03. The van der Waals surface area contributed by atoms with Gasteiger partial charge < -0.3 is 0 Å². The molecule has 0 spiro atoms. The normalized spacial score (nSPS) is 12.7.